The molecule has 0 spiro atoms. The van der Waals surface area contributed by atoms with E-state index in [1.807, 2.05) is 11.4 Å². The number of hydrogen-bond acceptors (Lipinski definition) is 8. The molecule has 0 radical (unpaired) electrons. The van der Waals surface area contributed by atoms with Gasteiger partial charge in [-0.2, -0.15) is 13.1 Å². The molecule has 9 nitrogen and oxygen atoms in total. The van der Waals surface area contributed by atoms with Crippen LogP contribution in [0.1, 0.15) is 5.56 Å². The number of fused-ring (bicyclic) bond motifs is 2. The molecular formula is C19H13N5O4S2. The van der Waals surface area contributed by atoms with Gasteiger partial charge in [-0.3, -0.25) is 10.2 Å². The summed E-state index contributed by atoms with van der Waals surface area (Å²) in [6.07, 6.45) is 1.49. The highest BCUT2D eigenvalue weighted by molar-refractivity contribution is 7.90. The van der Waals surface area contributed by atoms with E-state index in [9.17, 15) is 18.3 Å². The van der Waals surface area contributed by atoms with Crippen molar-refractivity contribution in [2.75, 3.05) is 10.7 Å². The molecule has 4 heterocycles. The zero-order chi connectivity index (χ0) is 20.9. The van der Waals surface area contributed by atoms with Gasteiger partial charge >= 0.3 is 0 Å². The first-order chi connectivity index (χ1) is 14.5. The van der Waals surface area contributed by atoms with E-state index in [0.29, 0.717) is 5.00 Å². The Kier molecular flexibility index (Phi) is 4.08. The first kappa shape index (κ1) is 18.3. The molecule has 4 aromatic rings. The van der Waals surface area contributed by atoms with Gasteiger partial charge in [0.1, 0.15) is 21.2 Å². The Bertz CT molecular complexity index is 1490. The maximum atomic E-state index is 13.3. The van der Waals surface area contributed by atoms with Crippen LogP contribution in [-0.2, 0) is 10.0 Å². The van der Waals surface area contributed by atoms with Gasteiger partial charge in [0.2, 0.25) is 0 Å². The number of benzene rings is 1. The molecule has 1 aromatic carbocycles. The molecule has 0 atom stereocenters. The molecule has 0 unspecified atom stereocenters. The molecular weight excluding hydrogens is 426 g/mol. The molecule has 0 bridgehead atoms. The second kappa shape index (κ2) is 6.68. The fourth-order valence-corrected chi connectivity index (χ4v) is 4.92. The molecule has 1 aliphatic rings. The van der Waals surface area contributed by atoms with E-state index in [2.05, 4.69) is 20.1 Å². The van der Waals surface area contributed by atoms with Crippen LogP contribution in [0.25, 0.3) is 11.0 Å². The second-order valence-electron chi connectivity index (χ2n) is 6.36. The van der Waals surface area contributed by atoms with Gasteiger partial charge in [0.25, 0.3) is 15.6 Å². The number of nitrogens with one attached hydrogen (secondary N) is 2. The minimum Gasteiger partial charge on any atom is -0.506 e. The standard InChI is InChI=1S/C19H13N5O4S2/c25-16-11-5-3-9-20-18(11)24(22-14-8-4-10-29-14)19(26)15(16)17-21-12-6-1-2-7-13(12)30(27,28)23-17/h1-10,22,25H,(H,21,23). The van der Waals surface area contributed by atoms with Gasteiger partial charge in [-0.1, -0.05) is 12.1 Å². The third kappa shape index (κ3) is 2.83. The molecule has 0 fully saturated rings. The minimum absolute atomic E-state index is 0.00673. The van der Waals surface area contributed by atoms with Crippen LogP contribution in [-0.4, -0.2) is 29.0 Å². The van der Waals surface area contributed by atoms with Crippen LogP contribution in [0.15, 0.2) is 74.2 Å². The summed E-state index contributed by atoms with van der Waals surface area (Å²) in [6.45, 7) is 0. The Labute approximate surface area is 174 Å². The lowest BCUT2D eigenvalue weighted by Gasteiger charge is -2.20. The monoisotopic (exact) mass is 439 g/mol. The first-order valence-electron chi connectivity index (χ1n) is 8.70. The molecule has 3 aromatic heterocycles. The summed E-state index contributed by atoms with van der Waals surface area (Å²) in [4.78, 5) is 17.5. The van der Waals surface area contributed by atoms with Gasteiger partial charge in [-0.25, -0.2) is 4.98 Å². The highest BCUT2D eigenvalue weighted by Gasteiger charge is 2.30. The number of thiophene rings is 1. The van der Waals surface area contributed by atoms with Crippen molar-refractivity contribution >= 4 is 48.9 Å². The van der Waals surface area contributed by atoms with E-state index in [4.69, 9.17) is 0 Å². The summed E-state index contributed by atoms with van der Waals surface area (Å²) < 4.78 is 30.2. The molecule has 11 heteroatoms. The van der Waals surface area contributed by atoms with E-state index < -0.39 is 21.3 Å². The molecule has 30 heavy (non-hydrogen) atoms. The van der Waals surface area contributed by atoms with Crippen LogP contribution >= 0.6 is 11.3 Å². The number of anilines is 2. The van der Waals surface area contributed by atoms with Crippen molar-refractivity contribution in [3.05, 3.63) is 76.0 Å². The SMILES string of the molecule is O=c1c(C2=NS(=O)(=O)c3ccccc3N2)c(O)c2cccnc2n1Nc1cccs1. The van der Waals surface area contributed by atoms with Crippen molar-refractivity contribution < 1.29 is 13.5 Å². The van der Waals surface area contributed by atoms with Crippen LogP contribution < -0.4 is 16.3 Å². The maximum Gasteiger partial charge on any atom is 0.286 e. The summed E-state index contributed by atoms with van der Waals surface area (Å²) in [6, 6.07) is 13.0. The van der Waals surface area contributed by atoms with E-state index in [1.165, 1.54) is 23.6 Å². The maximum absolute atomic E-state index is 13.3. The van der Waals surface area contributed by atoms with Crippen molar-refractivity contribution in [3.63, 3.8) is 0 Å². The van der Waals surface area contributed by atoms with Crippen LogP contribution in [0, 0.1) is 0 Å². The first-order valence-corrected chi connectivity index (χ1v) is 11.0. The molecule has 0 amide bonds. The van der Waals surface area contributed by atoms with Crippen molar-refractivity contribution in [1.29, 1.82) is 0 Å². The lowest BCUT2D eigenvalue weighted by Crippen LogP contribution is -2.35. The third-order valence-corrected chi connectivity index (χ3v) is 6.63. The van der Waals surface area contributed by atoms with Crippen molar-refractivity contribution in [2.45, 2.75) is 4.90 Å². The van der Waals surface area contributed by atoms with Gasteiger partial charge in [0, 0.05) is 6.20 Å². The predicted molar refractivity (Wildman–Crippen MR) is 115 cm³/mol. The fraction of sp³-hybridized carbons (Fsp3) is 0. The van der Waals surface area contributed by atoms with E-state index in [1.54, 1.807) is 36.4 Å². The van der Waals surface area contributed by atoms with E-state index >= 15 is 0 Å². The zero-order valence-electron chi connectivity index (χ0n) is 15.1. The largest absolute Gasteiger partial charge is 0.506 e. The third-order valence-electron chi connectivity index (χ3n) is 4.52. The molecule has 0 saturated carbocycles. The number of para-hydroxylation sites is 1. The number of amidine groups is 1. The number of nitrogens with zero attached hydrogens (tertiary/aromatic N) is 3. The lowest BCUT2D eigenvalue weighted by atomic mass is 10.1. The number of pyridine rings is 2. The molecule has 0 aliphatic carbocycles. The van der Waals surface area contributed by atoms with Crippen LogP contribution in [0.5, 0.6) is 5.75 Å². The number of sulfonamides is 1. The average molecular weight is 439 g/mol. The highest BCUT2D eigenvalue weighted by Crippen LogP contribution is 2.31. The summed E-state index contributed by atoms with van der Waals surface area (Å²) >= 11 is 1.37. The Balaban J connectivity index is 1.79. The molecule has 150 valence electrons. The summed E-state index contributed by atoms with van der Waals surface area (Å²) in [7, 11) is -4.06. The molecule has 5 rings (SSSR count). The van der Waals surface area contributed by atoms with Gasteiger partial charge in [-0.05, 0) is 41.8 Å². The summed E-state index contributed by atoms with van der Waals surface area (Å²) in [5.41, 5.74) is 2.44. The Morgan fingerprint density at radius 3 is 2.73 bits per heavy atom. The van der Waals surface area contributed by atoms with Gasteiger partial charge in [0.15, 0.2) is 11.5 Å². The predicted octanol–water partition coefficient (Wildman–Crippen LogP) is 2.60. The van der Waals surface area contributed by atoms with Crippen LogP contribution in [0.4, 0.5) is 10.7 Å². The van der Waals surface area contributed by atoms with Gasteiger partial charge < -0.3 is 10.4 Å². The van der Waals surface area contributed by atoms with Crippen molar-refractivity contribution in [1.82, 2.24) is 9.66 Å². The van der Waals surface area contributed by atoms with Crippen LogP contribution in [0.2, 0.25) is 0 Å². The van der Waals surface area contributed by atoms with Crippen LogP contribution in [0.3, 0.4) is 0 Å². The zero-order valence-corrected chi connectivity index (χ0v) is 16.7. The van der Waals surface area contributed by atoms with E-state index in [-0.39, 0.29) is 33.0 Å². The van der Waals surface area contributed by atoms with E-state index in [0.717, 1.165) is 4.68 Å². The number of aromatic hydroxyl groups is 1. The smallest absolute Gasteiger partial charge is 0.286 e. The second-order valence-corrected chi connectivity index (χ2v) is 8.88. The van der Waals surface area contributed by atoms with Gasteiger partial charge in [-0.15, -0.1) is 15.7 Å². The van der Waals surface area contributed by atoms with Crippen molar-refractivity contribution in [3.8, 4) is 5.75 Å². The Hall–Kier alpha value is -3.70. The number of aromatic nitrogens is 2. The minimum atomic E-state index is -4.06. The molecule has 1 aliphatic heterocycles. The molecule has 3 N–H and O–H groups in total. The summed E-state index contributed by atoms with van der Waals surface area (Å²) in [5, 5.41) is 16.5. The quantitative estimate of drug-likeness (QED) is 0.448. The number of hydrogen-bond donors (Lipinski definition) is 3. The highest BCUT2D eigenvalue weighted by atomic mass is 32.2. The number of rotatable bonds is 3. The summed E-state index contributed by atoms with van der Waals surface area (Å²) in [5.74, 6) is -0.670. The topological polar surface area (TPSA) is 126 Å². The van der Waals surface area contributed by atoms with Gasteiger partial charge in [0.05, 0.1) is 11.1 Å². The fourth-order valence-electron chi connectivity index (χ4n) is 3.20. The normalized spacial score (nSPS) is 14.6. The molecule has 0 saturated heterocycles. The van der Waals surface area contributed by atoms with Crippen molar-refractivity contribution in [2.24, 2.45) is 4.40 Å². The Morgan fingerprint density at radius 1 is 1.10 bits per heavy atom. The average Bonchev–Trinajstić information content (AvgIpc) is 3.24. The Morgan fingerprint density at radius 2 is 1.93 bits per heavy atom. The lowest BCUT2D eigenvalue weighted by molar-refractivity contribution is 0.478.